The number of hydrogen-bond acceptors (Lipinski definition) is 3. The molecule has 3 nitrogen and oxygen atoms in total. The Morgan fingerprint density at radius 3 is 1.46 bits per heavy atom. The zero-order chi connectivity index (χ0) is 37.1. The van der Waals surface area contributed by atoms with Gasteiger partial charge in [-0.2, -0.15) is 0 Å². The van der Waals surface area contributed by atoms with Crippen LogP contribution < -0.4 is 4.74 Å². The lowest BCUT2D eigenvalue weighted by molar-refractivity contribution is 0.438. The molecule has 56 heavy (non-hydrogen) atoms. The van der Waals surface area contributed by atoms with Crippen LogP contribution in [0.5, 0.6) is 11.5 Å². The normalized spacial score (nSPS) is 12.9. The molecule has 1 aliphatic heterocycles. The summed E-state index contributed by atoms with van der Waals surface area (Å²) in [6, 6.07) is 73.0. The molecule has 0 amide bonds. The second kappa shape index (κ2) is 12.9. The summed E-state index contributed by atoms with van der Waals surface area (Å²) in [4.78, 5) is 10.3. The summed E-state index contributed by atoms with van der Waals surface area (Å²) in [5.41, 5.74) is 16.0. The summed E-state index contributed by atoms with van der Waals surface area (Å²) < 4.78 is 7.00. The predicted molar refractivity (Wildman–Crippen MR) is 227 cm³/mol. The Kier molecular flexibility index (Phi) is 7.39. The standard InChI is InChI=1S/C53H34N2O/c1-3-16-35(17-4-1)37-20-13-22-39(32-37)48-34-49(55-52(54-48)36-18-5-2-6-19-36)40-23-14-21-38(33-40)41-26-15-30-47-51(41)56-50-31-12-11-29-46(50)53(47)44-27-9-7-24-42(44)43-25-8-10-28-45(43)53/h1-34H. The van der Waals surface area contributed by atoms with Gasteiger partial charge in [-0.05, 0) is 63.2 Å². The van der Waals surface area contributed by atoms with Crippen molar-refractivity contribution in [2.75, 3.05) is 0 Å². The van der Waals surface area contributed by atoms with E-state index in [4.69, 9.17) is 14.7 Å². The minimum Gasteiger partial charge on any atom is -0.456 e. The van der Waals surface area contributed by atoms with Crippen LogP contribution in [-0.2, 0) is 5.41 Å². The van der Waals surface area contributed by atoms with Crippen molar-refractivity contribution in [1.82, 2.24) is 9.97 Å². The molecule has 1 aromatic heterocycles. The van der Waals surface area contributed by atoms with Gasteiger partial charge in [0.2, 0.25) is 0 Å². The van der Waals surface area contributed by atoms with E-state index in [1.54, 1.807) is 0 Å². The molecule has 8 aromatic carbocycles. The number of ether oxygens (including phenoxy) is 1. The van der Waals surface area contributed by atoms with Crippen molar-refractivity contribution in [3.63, 3.8) is 0 Å². The van der Waals surface area contributed by atoms with Crippen molar-refractivity contribution in [2.24, 2.45) is 0 Å². The maximum atomic E-state index is 7.00. The highest BCUT2D eigenvalue weighted by atomic mass is 16.5. The lowest BCUT2D eigenvalue weighted by Gasteiger charge is -2.40. The summed E-state index contributed by atoms with van der Waals surface area (Å²) in [6.07, 6.45) is 0. The first-order valence-corrected chi connectivity index (χ1v) is 19.1. The number of nitrogens with zero attached hydrogens (tertiary/aromatic N) is 2. The Morgan fingerprint density at radius 1 is 0.321 bits per heavy atom. The van der Waals surface area contributed by atoms with Gasteiger partial charge in [0, 0.05) is 33.4 Å². The molecule has 0 N–H and O–H groups in total. The van der Waals surface area contributed by atoms with Gasteiger partial charge in [-0.3, -0.25) is 0 Å². The smallest absolute Gasteiger partial charge is 0.160 e. The van der Waals surface area contributed by atoms with Gasteiger partial charge >= 0.3 is 0 Å². The number of aromatic nitrogens is 2. The van der Waals surface area contributed by atoms with Gasteiger partial charge in [-0.15, -0.1) is 0 Å². The zero-order valence-electron chi connectivity index (χ0n) is 30.4. The summed E-state index contributed by atoms with van der Waals surface area (Å²) in [7, 11) is 0. The molecule has 0 fully saturated rings. The van der Waals surface area contributed by atoms with E-state index < -0.39 is 5.41 Å². The van der Waals surface area contributed by atoms with Crippen molar-refractivity contribution in [3.8, 4) is 78.8 Å². The molecule has 3 heteroatoms. The molecule has 9 aromatic rings. The first kappa shape index (κ1) is 32.1. The van der Waals surface area contributed by atoms with E-state index in [1.807, 2.05) is 24.3 Å². The van der Waals surface area contributed by atoms with Crippen molar-refractivity contribution in [2.45, 2.75) is 5.41 Å². The fourth-order valence-corrected chi connectivity index (χ4v) is 8.90. The van der Waals surface area contributed by atoms with E-state index in [9.17, 15) is 0 Å². The van der Waals surface area contributed by atoms with E-state index in [2.05, 4.69) is 182 Å². The molecule has 11 rings (SSSR count). The molecule has 1 aliphatic carbocycles. The molecule has 1 spiro atoms. The van der Waals surface area contributed by atoms with Crippen molar-refractivity contribution in [3.05, 3.63) is 229 Å². The van der Waals surface area contributed by atoms with Gasteiger partial charge in [0.1, 0.15) is 11.5 Å². The van der Waals surface area contributed by atoms with Gasteiger partial charge in [0.05, 0.1) is 16.8 Å². The van der Waals surface area contributed by atoms with Crippen molar-refractivity contribution in [1.29, 1.82) is 0 Å². The number of hydrogen-bond donors (Lipinski definition) is 0. The molecule has 0 radical (unpaired) electrons. The fraction of sp³-hybridized carbons (Fsp3) is 0.0189. The van der Waals surface area contributed by atoms with Crippen molar-refractivity contribution < 1.29 is 4.74 Å². The lowest BCUT2D eigenvalue weighted by atomic mass is 9.65. The van der Waals surface area contributed by atoms with Crippen LogP contribution in [0.2, 0.25) is 0 Å². The molecule has 0 saturated carbocycles. The summed E-state index contributed by atoms with van der Waals surface area (Å²) in [6.45, 7) is 0. The molecular weight excluding hydrogens is 681 g/mol. The number of benzene rings is 8. The molecule has 0 bridgehead atoms. The van der Waals surface area contributed by atoms with Crippen LogP contribution in [0, 0.1) is 0 Å². The Bertz CT molecular complexity index is 2910. The molecule has 0 unspecified atom stereocenters. The average Bonchev–Trinajstić information content (AvgIpc) is 3.57. The third kappa shape index (κ3) is 4.98. The van der Waals surface area contributed by atoms with Crippen LogP contribution in [0.15, 0.2) is 206 Å². The fourth-order valence-electron chi connectivity index (χ4n) is 8.90. The number of rotatable bonds is 5. The van der Waals surface area contributed by atoms with Gasteiger partial charge in [0.15, 0.2) is 5.82 Å². The first-order valence-electron chi connectivity index (χ1n) is 19.1. The van der Waals surface area contributed by atoms with E-state index in [0.29, 0.717) is 5.82 Å². The molecule has 2 aliphatic rings. The largest absolute Gasteiger partial charge is 0.456 e. The lowest BCUT2D eigenvalue weighted by Crippen LogP contribution is -2.32. The quantitative estimate of drug-likeness (QED) is 0.178. The molecule has 0 atom stereocenters. The summed E-state index contributed by atoms with van der Waals surface area (Å²) in [5, 5.41) is 0. The Labute approximate surface area is 326 Å². The van der Waals surface area contributed by atoms with E-state index in [-0.39, 0.29) is 0 Å². The SMILES string of the molecule is c1ccc(-c2cccc(-c3cc(-c4cccc(-c5cccc6c5Oc5ccccc5C65c6ccccc6-c6ccccc65)c4)nc(-c4ccccc4)n3)c2)cc1. The topological polar surface area (TPSA) is 35.0 Å². The van der Waals surface area contributed by atoms with E-state index in [1.165, 1.54) is 27.8 Å². The Balaban J connectivity index is 1.08. The minimum absolute atomic E-state index is 0.522. The minimum atomic E-state index is -0.522. The highest BCUT2D eigenvalue weighted by Gasteiger charge is 2.51. The van der Waals surface area contributed by atoms with Crippen LogP contribution in [0.4, 0.5) is 0 Å². The molecule has 0 saturated heterocycles. The van der Waals surface area contributed by atoms with Gasteiger partial charge in [-0.25, -0.2) is 9.97 Å². The van der Waals surface area contributed by atoms with Crippen LogP contribution in [0.3, 0.4) is 0 Å². The van der Waals surface area contributed by atoms with E-state index >= 15 is 0 Å². The van der Waals surface area contributed by atoms with Crippen LogP contribution in [0.1, 0.15) is 22.3 Å². The summed E-state index contributed by atoms with van der Waals surface area (Å²) >= 11 is 0. The number of fused-ring (bicyclic) bond motifs is 9. The highest BCUT2D eigenvalue weighted by Crippen LogP contribution is 2.63. The molecule has 2 heterocycles. The van der Waals surface area contributed by atoms with Crippen LogP contribution >= 0.6 is 0 Å². The van der Waals surface area contributed by atoms with Crippen LogP contribution in [0.25, 0.3) is 67.3 Å². The second-order valence-corrected chi connectivity index (χ2v) is 14.5. The third-order valence-corrected chi connectivity index (χ3v) is 11.4. The second-order valence-electron chi connectivity index (χ2n) is 14.5. The highest BCUT2D eigenvalue weighted by molar-refractivity contribution is 5.90. The van der Waals surface area contributed by atoms with E-state index in [0.717, 1.165) is 67.4 Å². The third-order valence-electron chi connectivity index (χ3n) is 11.4. The Hall–Kier alpha value is -7.36. The maximum Gasteiger partial charge on any atom is 0.160 e. The van der Waals surface area contributed by atoms with Crippen LogP contribution in [-0.4, -0.2) is 9.97 Å². The molecule has 262 valence electrons. The number of para-hydroxylation sites is 2. The van der Waals surface area contributed by atoms with Gasteiger partial charge < -0.3 is 4.74 Å². The summed E-state index contributed by atoms with van der Waals surface area (Å²) in [5.74, 6) is 2.44. The first-order chi connectivity index (χ1) is 27.8. The van der Waals surface area contributed by atoms with Gasteiger partial charge in [0.25, 0.3) is 0 Å². The van der Waals surface area contributed by atoms with Crippen molar-refractivity contribution >= 4 is 0 Å². The average molecular weight is 715 g/mol. The monoisotopic (exact) mass is 714 g/mol. The Morgan fingerprint density at radius 2 is 0.786 bits per heavy atom. The predicted octanol–water partition coefficient (Wildman–Crippen LogP) is 13.3. The molecular formula is C53H34N2O. The van der Waals surface area contributed by atoms with Gasteiger partial charge in [-0.1, -0.05) is 182 Å². The maximum absolute atomic E-state index is 7.00. The zero-order valence-corrected chi connectivity index (χ0v) is 30.4.